The molecule has 1 aliphatic rings. The molecular weight excluding hydrogens is 394 g/mol. The Morgan fingerprint density at radius 3 is 2.83 bits per heavy atom. The van der Waals surface area contributed by atoms with Gasteiger partial charge in [0.2, 0.25) is 0 Å². The fourth-order valence-corrected chi connectivity index (χ4v) is 5.67. The number of aryl methyl sites for hydroxylation is 2. The average molecular weight is 420 g/mol. The summed E-state index contributed by atoms with van der Waals surface area (Å²) >= 11 is 1.69. The maximum atomic E-state index is 13.2. The van der Waals surface area contributed by atoms with Crippen molar-refractivity contribution in [1.82, 2.24) is 24.2 Å². The quantitative estimate of drug-likeness (QED) is 0.498. The molecule has 4 aromatic rings. The van der Waals surface area contributed by atoms with Gasteiger partial charge in [0.25, 0.3) is 5.56 Å². The molecule has 0 spiro atoms. The first-order chi connectivity index (χ1) is 14.6. The summed E-state index contributed by atoms with van der Waals surface area (Å²) in [7, 11) is 4.09. The van der Waals surface area contributed by atoms with Gasteiger partial charge in [-0.25, -0.2) is 4.98 Å². The number of aromatic nitrogens is 4. The van der Waals surface area contributed by atoms with Crippen LogP contribution >= 0.6 is 11.3 Å². The largest absolute Gasteiger partial charge is 0.299 e. The Morgan fingerprint density at radius 1 is 1.23 bits per heavy atom. The van der Waals surface area contributed by atoms with Crippen LogP contribution in [0.3, 0.4) is 0 Å². The summed E-state index contributed by atoms with van der Waals surface area (Å²) < 4.78 is 3.46. The van der Waals surface area contributed by atoms with E-state index < -0.39 is 0 Å². The number of hydrogen-bond acceptors (Lipinski definition) is 5. The van der Waals surface area contributed by atoms with Crippen molar-refractivity contribution < 1.29 is 0 Å². The second-order valence-corrected chi connectivity index (χ2v) is 9.26. The molecule has 0 fully saturated rings. The lowest BCUT2D eigenvalue weighted by atomic mass is 9.92. The second kappa shape index (κ2) is 7.81. The van der Waals surface area contributed by atoms with Gasteiger partial charge in [0, 0.05) is 36.3 Å². The van der Waals surface area contributed by atoms with Gasteiger partial charge in [0.1, 0.15) is 4.83 Å². The maximum Gasteiger partial charge on any atom is 0.262 e. The summed E-state index contributed by atoms with van der Waals surface area (Å²) in [6.45, 7) is 1.45. The van der Waals surface area contributed by atoms with Crippen LogP contribution in [0.4, 0.5) is 0 Å². The predicted molar refractivity (Wildman–Crippen MR) is 120 cm³/mol. The van der Waals surface area contributed by atoms with E-state index in [1.807, 2.05) is 13.2 Å². The van der Waals surface area contributed by atoms with Crippen molar-refractivity contribution in [3.8, 4) is 0 Å². The van der Waals surface area contributed by atoms with E-state index in [1.54, 1.807) is 33.1 Å². The summed E-state index contributed by atoms with van der Waals surface area (Å²) in [4.78, 5) is 22.5. The van der Waals surface area contributed by atoms with Gasteiger partial charge in [-0.2, -0.15) is 5.10 Å². The van der Waals surface area contributed by atoms with Crippen LogP contribution < -0.4 is 5.56 Å². The number of rotatable bonds is 5. The molecule has 1 unspecified atom stereocenters. The topological polar surface area (TPSA) is 56.0 Å². The summed E-state index contributed by atoms with van der Waals surface area (Å²) in [6, 6.07) is 11.1. The number of nitrogens with zero attached hydrogens (tertiary/aromatic N) is 5. The van der Waals surface area contributed by atoms with E-state index in [9.17, 15) is 4.79 Å². The van der Waals surface area contributed by atoms with E-state index in [0.717, 1.165) is 41.6 Å². The Morgan fingerprint density at radius 2 is 2.07 bits per heavy atom. The molecule has 0 saturated heterocycles. The Balaban J connectivity index is 1.40. The molecule has 0 radical (unpaired) electrons. The highest BCUT2D eigenvalue weighted by atomic mass is 32.1. The molecule has 3 aromatic heterocycles. The van der Waals surface area contributed by atoms with Crippen LogP contribution in [0.2, 0.25) is 0 Å². The summed E-state index contributed by atoms with van der Waals surface area (Å²) in [5.74, 6) is 0. The molecule has 30 heavy (non-hydrogen) atoms. The summed E-state index contributed by atoms with van der Waals surface area (Å²) in [5, 5.41) is 5.02. The third-order valence-electron chi connectivity index (χ3n) is 6.02. The standard InChI is InChI=1S/C23H25N5OS/c1-26(12-16-6-4-3-5-7-16)18-8-9-19-20(10-18)30-22-21(19)23(29)28(15-24-22)14-17-11-25-27(2)13-17/h3-7,11,13,15,18H,8-10,12,14H2,1-2H3. The molecule has 0 aliphatic heterocycles. The number of fused-ring (bicyclic) bond motifs is 3. The van der Waals surface area contributed by atoms with Gasteiger partial charge >= 0.3 is 0 Å². The van der Waals surface area contributed by atoms with E-state index in [4.69, 9.17) is 0 Å². The Labute approximate surface area is 179 Å². The van der Waals surface area contributed by atoms with E-state index in [1.165, 1.54) is 16.0 Å². The maximum absolute atomic E-state index is 13.2. The van der Waals surface area contributed by atoms with E-state index in [0.29, 0.717) is 12.6 Å². The molecule has 0 saturated carbocycles. The smallest absolute Gasteiger partial charge is 0.262 e. The van der Waals surface area contributed by atoms with Gasteiger partial charge in [0.05, 0.1) is 24.5 Å². The molecule has 0 N–H and O–H groups in total. The second-order valence-electron chi connectivity index (χ2n) is 8.18. The molecule has 1 aromatic carbocycles. The minimum Gasteiger partial charge on any atom is -0.299 e. The van der Waals surface area contributed by atoms with Gasteiger partial charge in [-0.15, -0.1) is 11.3 Å². The first-order valence-corrected chi connectivity index (χ1v) is 11.1. The number of benzene rings is 1. The van der Waals surface area contributed by atoms with Gasteiger partial charge in [0.15, 0.2) is 0 Å². The van der Waals surface area contributed by atoms with Crippen molar-refractivity contribution in [3.63, 3.8) is 0 Å². The normalized spacial score (nSPS) is 16.3. The lowest BCUT2D eigenvalue weighted by Crippen LogP contribution is -2.35. The van der Waals surface area contributed by atoms with Crippen LogP contribution in [-0.2, 0) is 33.0 Å². The highest BCUT2D eigenvalue weighted by Gasteiger charge is 2.27. The number of likely N-dealkylation sites (N-methyl/N-ethyl adjacent to an activating group) is 1. The minimum atomic E-state index is 0.0671. The van der Waals surface area contributed by atoms with Crippen LogP contribution in [0, 0.1) is 0 Å². The van der Waals surface area contributed by atoms with Crippen molar-refractivity contribution >= 4 is 21.6 Å². The van der Waals surface area contributed by atoms with Crippen LogP contribution in [0.1, 0.15) is 28.0 Å². The molecule has 6 nitrogen and oxygen atoms in total. The number of hydrogen-bond donors (Lipinski definition) is 0. The Bertz CT molecular complexity index is 1240. The summed E-state index contributed by atoms with van der Waals surface area (Å²) in [5.41, 5.74) is 3.63. The molecule has 1 aliphatic carbocycles. The van der Waals surface area contributed by atoms with Crippen LogP contribution in [-0.4, -0.2) is 37.3 Å². The molecule has 5 rings (SSSR count). The molecular formula is C23H25N5OS. The molecule has 154 valence electrons. The van der Waals surface area contributed by atoms with Crippen molar-refractivity contribution in [2.75, 3.05) is 7.05 Å². The summed E-state index contributed by atoms with van der Waals surface area (Å²) in [6.07, 6.45) is 8.41. The molecule has 0 bridgehead atoms. The van der Waals surface area contributed by atoms with Gasteiger partial charge in [-0.05, 0) is 37.4 Å². The van der Waals surface area contributed by atoms with E-state index in [-0.39, 0.29) is 5.56 Å². The highest BCUT2D eigenvalue weighted by Crippen LogP contribution is 2.35. The lowest BCUT2D eigenvalue weighted by Gasteiger charge is -2.31. The number of thiophene rings is 1. The molecule has 7 heteroatoms. The average Bonchev–Trinajstić information content (AvgIpc) is 3.33. The predicted octanol–water partition coefficient (Wildman–Crippen LogP) is 3.23. The monoisotopic (exact) mass is 419 g/mol. The molecule has 3 heterocycles. The Kier molecular flexibility index (Phi) is 5.00. The van der Waals surface area contributed by atoms with E-state index in [2.05, 4.69) is 52.4 Å². The zero-order valence-corrected chi connectivity index (χ0v) is 18.1. The fourth-order valence-electron chi connectivity index (χ4n) is 4.42. The first kappa shape index (κ1) is 19.2. The minimum absolute atomic E-state index is 0.0671. The van der Waals surface area contributed by atoms with E-state index >= 15 is 0 Å². The van der Waals surface area contributed by atoms with Crippen LogP contribution in [0.5, 0.6) is 0 Å². The Hall–Kier alpha value is -2.77. The molecule has 0 amide bonds. The third-order valence-corrected chi connectivity index (χ3v) is 7.18. The fraction of sp³-hybridized carbons (Fsp3) is 0.348. The van der Waals surface area contributed by atoms with Crippen molar-refractivity contribution in [3.05, 3.63) is 81.0 Å². The van der Waals surface area contributed by atoms with Gasteiger partial charge in [-0.1, -0.05) is 30.3 Å². The third kappa shape index (κ3) is 3.59. The van der Waals surface area contributed by atoms with Gasteiger partial charge in [-0.3, -0.25) is 18.9 Å². The van der Waals surface area contributed by atoms with Crippen molar-refractivity contribution in [2.24, 2.45) is 7.05 Å². The molecule has 1 atom stereocenters. The van der Waals surface area contributed by atoms with Crippen molar-refractivity contribution in [1.29, 1.82) is 0 Å². The van der Waals surface area contributed by atoms with Gasteiger partial charge < -0.3 is 0 Å². The van der Waals surface area contributed by atoms with Crippen LogP contribution in [0.25, 0.3) is 10.2 Å². The lowest BCUT2D eigenvalue weighted by molar-refractivity contribution is 0.215. The SMILES string of the molecule is CN(Cc1ccccc1)C1CCc2c(sc3ncn(Cc4cnn(C)c4)c(=O)c23)C1. The van der Waals surface area contributed by atoms with Crippen molar-refractivity contribution in [2.45, 2.75) is 38.4 Å². The highest BCUT2D eigenvalue weighted by molar-refractivity contribution is 7.18. The zero-order valence-electron chi connectivity index (χ0n) is 17.3. The zero-order chi connectivity index (χ0) is 20.7. The van der Waals surface area contributed by atoms with Crippen LogP contribution in [0.15, 0.2) is 53.8 Å². The first-order valence-electron chi connectivity index (χ1n) is 10.3.